The van der Waals surface area contributed by atoms with Crippen molar-refractivity contribution in [2.24, 2.45) is 0 Å². The van der Waals surface area contributed by atoms with Crippen LogP contribution < -0.4 is 20.3 Å². The first kappa shape index (κ1) is 25.2. The van der Waals surface area contributed by atoms with E-state index in [2.05, 4.69) is 10.6 Å². The quantitative estimate of drug-likeness (QED) is 0.322. The second-order valence-electron chi connectivity index (χ2n) is 7.45. The highest BCUT2D eigenvalue weighted by molar-refractivity contribution is 6.40. The van der Waals surface area contributed by atoms with Crippen molar-refractivity contribution in [3.05, 3.63) is 92.9 Å². The molecule has 8 nitrogen and oxygen atoms in total. The lowest BCUT2D eigenvalue weighted by Crippen LogP contribution is -2.54. The highest BCUT2D eigenvalue weighted by Crippen LogP contribution is 2.35. The van der Waals surface area contributed by atoms with Crippen molar-refractivity contribution in [2.75, 3.05) is 16.8 Å². The van der Waals surface area contributed by atoms with Crippen molar-refractivity contribution in [1.82, 2.24) is 5.32 Å². The number of hydrogen-bond acceptors (Lipinski definition) is 5. The summed E-state index contributed by atoms with van der Waals surface area (Å²) in [7, 11) is 0. The number of benzene rings is 3. The van der Waals surface area contributed by atoms with Crippen molar-refractivity contribution in [1.29, 1.82) is 0 Å². The van der Waals surface area contributed by atoms with Gasteiger partial charge in [-0.1, -0.05) is 59.1 Å². The summed E-state index contributed by atoms with van der Waals surface area (Å²) < 4.78 is 5.48. The Hall–Kier alpha value is -3.85. The highest BCUT2D eigenvalue weighted by atomic mass is 35.5. The fourth-order valence-corrected chi connectivity index (χ4v) is 4.13. The molecule has 1 aliphatic heterocycles. The van der Waals surface area contributed by atoms with E-state index >= 15 is 0 Å². The van der Waals surface area contributed by atoms with Crippen LogP contribution in [0.4, 0.5) is 16.2 Å². The zero-order valence-corrected chi connectivity index (χ0v) is 20.5. The number of anilines is 2. The summed E-state index contributed by atoms with van der Waals surface area (Å²) in [6.07, 6.45) is 1.24. The van der Waals surface area contributed by atoms with Gasteiger partial charge in [0.15, 0.2) is 12.4 Å². The van der Waals surface area contributed by atoms with Crippen LogP contribution in [0.15, 0.2) is 72.3 Å². The molecule has 0 unspecified atom stereocenters. The molecule has 4 rings (SSSR count). The fourth-order valence-electron chi connectivity index (χ4n) is 3.33. The van der Waals surface area contributed by atoms with E-state index in [4.69, 9.17) is 39.5 Å². The Morgan fingerprint density at radius 3 is 2.31 bits per heavy atom. The minimum Gasteiger partial charge on any atom is -0.481 e. The number of nitrogens with zero attached hydrogens (tertiary/aromatic N) is 1. The largest absolute Gasteiger partial charge is 0.481 e. The summed E-state index contributed by atoms with van der Waals surface area (Å²) in [5.74, 6) is -2.10. The van der Waals surface area contributed by atoms with E-state index < -0.39 is 23.8 Å². The molecule has 11 heteroatoms. The lowest BCUT2D eigenvalue weighted by molar-refractivity contribution is -0.122. The third-order valence-corrected chi connectivity index (χ3v) is 5.70. The molecule has 1 aliphatic rings. The second-order valence-corrected chi connectivity index (χ2v) is 8.71. The number of rotatable bonds is 6. The van der Waals surface area contributed by atoms with Crippen LogP contribution in [0, 0.1) is 0 Å². The van der Waals surface area contributed by atoms with Gasteiger partial charge in [-0.2, -0.15) is 0 Å². The van der Waals surface area contributed by atoms with Crippen LogP contribution >= 0.6 is 34.8 Å². The minimum absolute atomic E-state index is 0.0494. The highest BCUT2D eigenvalue weighted by Gasteiger charge is 2.37. The number of barbiturate groups is 1. The van der Waals surface area contributed by atoms with Crippen molar-refractivity contribution in [2.45, 2.75) is 0 Å². The number of carbonyl (C=O) groups is 4. The van der Waals surface area contributed by atoms with E-state index in [1.807, 2.05) is 6.07 Å². The summed E-state index contributed by atoms with van der Waals surface area (Å²) in [4.78, 5) is 50.7. The second kappa shape index (κ2) is 10.8. The topological polar surface area (TPSA) is 105 Å². The van der Waals surface area contributed by atoms with Crippen LogP contribution in [0.5, 0.6) is 5.75 Å². The summed E-state index contributed by atoms with van der Waals surface area (Å²) in [6.45, 7) is -0.355. The molecule has 3 aromatic carbocycles. The Morgan fingerprint density at radius 2 is 1.64 bits per heavy atom. The van der Waals surface area contributed by atoms with Crippen LogP contribution in [0.3, 0.4) is 0 Å². The standard InChI is InChI=1S/C25H16Cl3N3O5/c26-15-5-4-8-17(12-15)31-24(34)18(23(33)30-25(31)35)9-14-10-19(27)22(20(28)11-14)36-13-21(32)29-16-6-2-1-3-7-16/h1-12H,13H2,(H,29,32)(H,30,33,35)/b18-9+. The van der Waals surface area contributed by atoms with E-state index in [9.17, 15) is 19.2 Å². The molecule has 1 saturated heterocycles. The van der Waals surface area contributed by atoms with Crippen molar-refractivity contribution >= 4 is 76.0 Å². The number of urea groups is 1. The molecule has 0 atom stereocenters. The minimum atomic E-state index is -0.905. The summed E-state index contributed by atoms with van der Waals surface area (Å²) in [5, 5.41) is 5.20. The molecule has 3 aromatic rings. The molecule has 0 bridgehead atoms. The monoisotopic (exact) mass is 543 g/mol. The van der Waals surface area contributed by atoms with Gasteiger partial charge in [0, 0.05) is 10.7 Å². The van der Waals surface area contributed by atoms with Gasteiger partial charge in [0.05, 0.1) is 15.7 Å². The molecule has 1 heterocycles. The molecule has 0 saturated carbocycles. The molecule has 0 spiro atoms. The van der Waals surface area contributed by atoms with E-state index in [0.717, 1.165) is 4.90 Å². The average Bonchev–Trinajstić information content (AvgIpc) is 2.82. The van der Waals surface area contributed by atoms with Gasteiger partial charge >= 0.3 is 6.03 Å². The van der Waals surface area contributed by atoms with Crippen LogP contribution in [0.2, 0.25) is 15.1 Å². The fraction of sp³-hybridized carbons (Fsp3) is 0.0400. The number of nitrogens with one attached hydrogen (secondary N) is 2. The van der Waals surface area contributed by atoms with Gasteiger partial charge in [0.1, 0.15) is 5.57 Å². The number of ether oxygens (including phenoxy) is 1. The Bertz CT molecular complexity index is 1390. The van der Waals surface area contributed by atoms with Crippen molar-refractivity contribution in [3.63, 3.8) is 0 Å². The molecule has 36 heavy (non-hydrogen) atoms. The third-order valence-electron chi connectivity index (χ3n) is 4.90. The van der Waals surface area contributed by atoms with Gasteiger partial charge in [-0.25, -0.2) is 9.69 Å². The predicted octanol–water partition coefficient (Wildman–Crippen LogP) is 5.33. The number of para-hydroxylation sites is 1. The maximum Gasteiger partial charge on any atom is 0.335 e. The van der Waals surface area contributed by atoms with Crippen molar-refractivity contribution < 1.29 is 23.9 Å². The van der Waals surface area contributed by atoms with E-state index in [1.54, 1.807) is 36.4 Å². The molecular weight excluding hydrogens is 529 g/mol. The predicted molar refractivity (Wildman–Crippen MR) is 137 cm³/mol. The van der Waals surface area contributed by atoms with Crippen LogP contribution in [0.1, 0.15) is 5.56 Å². The first-order chi connectivity index (χ1) is 17.2. The zero-order valence-electron chi connectivity index (χ0n) is 18.3. The molecule has 0 aromatic heterocycles. The molecule has 5 amide bonds. The zero-order chi connectivity index (χ0) is 25.8. The maximum atomic E-state index is 13.0. The van der Waals surface area contributed by atoms with Gasteiger partial charge in [-0.15, -0.1) is 0 Å². The Labute approximate surface area is 220 Å². The van der Waals surface area contributed by atoms with Crippen molar-refractivity contribution in [3.8, 4) is 5.75 Å². The molecule has 1 fully saturated rings. The number of hydrogen-bond donors (Lipinski definition) is 2. The first-order valence-corrected chi connectivity index (χ1v) is 11.5. The molecular formula is C25H16Cl3N3O5. The normalized spacial score (nSPS) is 14.6. The van der Waals surface area contributed by atoms with Gasteiger partial charge in [-0.3, -0.25) is 19.7 Å². The molecule has 0 radical (unpaired) electrons. The van der Waals surface area contributed by atoms with Gasteiger partial charge in [0.25, 0.3) is 17.7 Å². The first-order valence-electron chi connectivity index (χ1n) is 10.4. The number of imide groups is 2. The van der Waals surface area contributed by atoms with Crippen LogP contribution in [-0.4, -0.2) is 30.4 Å². The van der Waals surface area contributed by atoms with E-state index in [0.29, 0.717) is 16.3 Å². The third kappa shape index (κ3) is 5.68. The Morgan fingerprint density at radius 1 is 0.944 bits per heavy atom. The number of amides is 5. The number of halogens is 3. The van der Waals surface area contributed by atoms with Gasteiger partial charge in [0.2, 0.25) is 0 Å². The molecule has 2 N–H and O–H groups in total. The smallest absolute Gasteiger partial charge is 0.335 e. The SMILES string of the molecule is O=C(COc1c(Cl)cc(/C=C2\C(=O)NC(=O)N(c3cccc(Cl)c3)C2=O)cc1Cl)Nc1ccccc1. The summed E-state index contributed by atoms with van der Waals surface area (Å²) in [6, 6.07) is 16.8. The Balaban J connectivity index is 1.54. The van der Waals surface area contributed by atoms with Gasteiger partial charge < -0.3 is 10.1 Å². The number of carbonyl (C=O) groups excluding carboxylic acids is 4. The average molecular weight is 545 g/mol. The molecule has 182 valence electrons. The lowest BCUT2D eigenvalue weighted by Gasteiger charge is -2.26. The lowest BCUT2D eigenvalue weighted by atomic mass is 10.1. The van der Waals surface area contributed by atoms with E-state index in [-0.39, 0.29) is 33.7 Å². The summed E-state index contributed by atoms with van der Waals surface area (Å²) in [5.41, 5.74) is 0.769. The Kier molecular flexibility index (Phi) is 7.59. The van der Waals surface area contributed by atoms with Crippen LogP contribution in [0.25, 0.3) is 6.08 Å². The summed E-state index contributed by atoms with van der Waals surface area (Å²) >= 11 is 18.6. The van der Waals surface area contributed by atoms with E-state index in [1.165, 1.54) is 30.3 Å². The maximum absolute atomic E-state index is 13.0. The molecule has 0 aliphatic carbocycles. The van der Waals surface area contributed by atoms with Crippen LogP contribution in [-0.2, 0) is 14.4 Å². The van der Waals surface area contributed by atoms with Gasteiger partial charge in [-0.05, 0) is 54.1 Å².